The standard InChI is InChI=1S/C12H14BrF3N4O2S/c13-9-2-1-3-17-10(9)7-23-5-4-18-11(6-20(21)22)19-8-12(14,15)16/h1-3,6,18-19H,4-5,7-8H2. The number of aromatic nitrogens is 1. The molecule has 0 aliphatic heterocycles. The van der Waals surface area contributed by atoms with Gasteiger partial charge in [0.1, 0.15) is 6.54 Å². The Morgan fingerprint density at radius 2 is 2.22 bits per heavy atom. The molecular weight excluding hydrogens is 401 g/mol. The maximum Gasteiger partial charge on any atom is 0.405 e. The topological polar surface area (TPSA) is 80.1 Å². The van der Waals surface area contributed by atoms with Gasteiger partial charge in [-0.1, -0.05) is 0 Å². The maximum absolute atomic E-state index is 12.1. The zero-order valence-corrected chi connectivity index (χ0v) is 14.2. The molecule has 0 unspecified atom stereocenters. The van der Waals surface area contributed by atoms with Gasteiger partial charge in [-0.3, -0.25) is 15.1 Å². The van der Waals surface area contributed by atoms with E-state index in [9.17, 15) is 23.3 Å². The van der Waals surface area contributed by atoms with Gasteiger partial charge in [0.2, 0.25) is 0 Å². The Morgan fingerprint density at radius 1 is 1.48 bits per heavy atom. The highest BCUT2D eigenvalue weighted by Crippen LogP contribution is 2.18. The summed E-state index contributed by atoms with van der Waals surface area (Å²) < 4.78 is 37.2. The molecule has 1 rings (SSSR count). The first-order chi connectivity index (χ1) is 10.8. The number of hydrogen-bond donors (Lipinski definition) is 2. The van der Waals surface area contributed by atoms with Gasteiger partial charge in [-0.05, 0) is 28.1 Å². The molecule has 0 aliphatic carbocycles. The summed E-state index contributed by atoms with van der Waals surface area (Å²) in [6.45, 7) is -1.06. The highest BCUT2D eigenvalue weighted by atomic mass is 79.9. The molecule has 0 radical (unpaired) electrons. The van der Waals surface area contributed by atoms with Crippen LogP contribution in [0.15, 0.2) is 34.8 Å². The van der Waals surface area contributed by atoms with Crippen molar-refractivity contribution < 1.29 is 18.1 Å². The third-order valence-electron chi connectivity index (χ3n) is 2.35. The summed E-state index contributed by atoms with van der Waals surface area (Å²) >= 11 is 4.87. The van der Waals surface area contributed by atoms with Gasteiger partial charge in [0.15, 0.2) is 5.82 Å². The molecule has 0 saturated heterocycles. The zero-order chi connectivity index (χ0) is 17.3. The molecule has 0 fully saturated rings. The molecular formula is C12H14BrF3N4O2S. The Bertz CT molecular complexity index is 557. The lowest BCUT2D eigenvalue weighted by atomic mass is 10.4. The number of pyridine rings is 1. The fourth-order valence-corrected chi connectivity index (χ4v) is 2.80. The minimum atomic E-state index is -4.45. The van der Waals surface area contributed by atoms with E-state index in [1.807, 2.05) is 11.4 Å². The summed E-state index contributed by atoms with van der Waals surface area (Å²) in [7, 11) is 0. The Morgan fingerprint density at radius 3 is 2.83 bits per heavy atom. The van der Waals surface area contributed by atoms with Gasteiger partial charge < -0.3 is 10.6 Å². The van der Waals surface area contributed by atoms with E-state index in [4.69, 9.17) is 0 Å². The van der Waals surface area contributed by atoms with Crippen LogP contribution in [0.1, 0.15) is 5.69 Å². The average Bonchev–Trinajstić information content (AvgIpc) is 2.44. The lowest BCUT2D eigenvalue weighted by Gasteiger charge is -2.13. The average molecular weight is 415 g/mol. The van der Waals surface area contributed by atoms with Crippen molar-refractivity contribution in [3.63, 3.8) is 0 Å². The molecule has 0 aliphatic rings. The van der Waals surface area contributed by atoms with E-state index in [-0.39, 0.29) is 12.4 Å². The van der Waals surface area contributed by atoms with Gasteiger partial charge in [0.05, 0.1) is 10.6 Å². The molecule has 0 atom stereocenters. The van der Waals surface area contributed by atoms with Gasteiger partial charge in [-0.2, -0.15) is 24.9 Å². The predicted octanol–water partition coefficient (Wildman–Crippen LogP) is 2.89. The van der Waals surface area contributed by atoms with Crippen molar-refractivity contribution in [2.45, 2.75) is 11.9 Å². The SMILES string of the molecule is O=[N+]([O-])C=C(NCCSCc1ncccc1Br)NCC(F)(F)F. The minimum Gasteiger partial charge on any atom is -0.366 e. The van der Waals surface area contributed by atoms with Crippen LogP contribution in [0, 0.1) is 10.1 Å². The van der Waals surface area contributed by atoms with E-state index in [0.717, 1.165) is 10.2 Å². The summed E-state index contributed by atoms with van der Waals surface area (Å²) in [4.78, 5) is 13.8. The molecule has 1 aromatic rings. The van der Waals surface area contributed by atoms with Gasteiger partial charge in [0.25, 0.3) is 6.20 Å². The highest BCUT2D eigenvalue weighted by Gasteiger charge is 2.27. The van der Waals surface area contributed by atoms with Crippen LogP contribution in [0.2, 0.25) is 0 Å². The molecule has 6 nitrogen and oxygen atoms in total. The largest absolute Gasteiger partial charge is 0.405 e. The number of halogens is 4. The molecule has 11 heteroatoms. The van der Waals surface area contributed by atoms with E-state index in [1.165, 1.54) is 11.8 Å². The second kappa shape index (κ2) is 9.60. The van der Waals surface area contributed by atoms with Crippen LogP contribution < -0.4 is 10.6 Å². The molecule has 0 bridgehead atoms. The normalized spacial score (nSPS) is 12.1. The highest BCUT2D eigenvalue weighted by molar-refractivity contribution is 9.10. The Labute approximate surface area is 143 Å². The van der Waals surface area contributed by atoms with Crippen molar-refractivity contribution in [2.75, 3.05) is 18.8 Å². The van der Waals surface area contributed by atoms with Crippen molar-refractivity contribution in [3.05, 3.63) is 50.6 Å². The molecule has 0 spiro atoms. The summed E-state index contributed by atoms with van der Waals surface area (Å²) in [5.74, 6) is 0.894. The first-order valence-electron chi connectivity index (χ1n) is 6.35. The number of rotatable bonds is 9. The van der Waals surface area contributed by atoms with Crippen LogP contribution in [-0.4, -0.2) is 34.9 Å². The predicted molar refractivity (Wildman–Crippen MR) is 85.2 cm³/mol. The summed E-state index contributed by atoms with van der Waals surface area (Å²) in [6.07, 6.45) is -2.30. The van der Waals surface area contributed by atoms with Crippen molar-refractivity contribution in [3.8, 4) is 0 Å². The van der Waals surface area contributed by atoms with E-state index in [2.05, 4.69) is 26.2 Å². The molecule has 23 heavy (non-hydrogen) atoms. The molecule has 1 heterocycles. The van der Waals surface area contributed by atoms with Crippen LogP contribution in [0.25, 0.3) is 0 Å². The number of hydrogen-bond acceptors (Lipinski definition) is 6. The first-order valence-corrected chi connectivity index (χ1v) is 8.29. The van der Waals surface area contributed by atoms with Crippen LogP contribution in [0.5, 0.6) is 0 Å². The summed E-state index contributed by atoms with van der Waals surface area (Å²) in [5.41, 5.74) is 0.855. The molecule has 2 N–H and O–H groups in total. The second-order valence-electron chi connectivity index (χ2n) is 4.21. The monoisotopic (exact) mass is 414 g/mol. The quantitative estimate of drug-likeness (QED) is 0.367. The van der Waals surface area contributed by atoms with Crippen LogP contribution in [0.3, 0.4) is 0 Å². The lowest BCUT2D eigenvalue weighted by molar-refractivity contribution is -0.404. The number of nitro groups is 1. The number of thioether (sulfide) groups is 1. The third-order valence-corrected chi connectivity index (χ3v) is 4.04. The van der Waals surface area contributed by atoms with E-state index >= 15 is 0 Å². The summed E-state index contributed by atoms with van der Waals surface area (Å²) in [6, 6.07) is 3.65. The maximum atomic E-state index is 12.1. The Hall–Kier alpha value is -1.49. The summed E-state index contributed by atoms with van der Waals surface area (Å²) in [5, 5.41) is 14.9. The van der Waals surface area contributed by atoms with E-state index in [1.54, 1.807) is 12.3 Å². The third kappa shape index (κ3) is 9.29. The van der Waals surface area contributed by atoms with Crippen molar-refractivity contribution in [1.82, 2.24) is 15.6 Å². The molecule has 0 aromatic carbocycles. The van der Waals surface area contributed by atoms with Gasteiger partial charge in [-0.25, -0.2) is 0 Å². The molecule has 0 amide bonds. The molecule has 1 aromatic heterocycles. The van der Waals surface area contributed by atoms with Crippen LogP contribution >= 0.6 is 27.7 Å². The molecule has 128 valence electrons. The van der Waals surface area contributed by atoms with Gasteiger partial charge in [-0.15, -0.1) is 0 Å². The number of nitrogens with zero attached hydrogens (tertiary/aromatic N) is 2. The van der Waals surface area contributed by atoms with Gasteiger partial charge in [0, 0.05) is 28.7 Å². The van der Waals surface area contributed by atoms with E-state index < -0.39 is 17.6 Å². The lowest BCUT2D eigenvalue weighted by Crippen LogP contribution is -2.35. The van der Waals surface area contributed by atoms with Crippen LogP contribution in [-0.2, 0) is 5.75 Å². The second-order valence-corrected chi connectivity index (χ2v) is 6.17. The van der Waals surface area contributed by atoms with Crippen molar-refractivity contribution in [2.24, 2.45) is 0 Å². The van der Waals surface area contributed by atoms with Crippen LogP contribution in [0.4, 0.5) is 13.2 Å². The Balaban J connectivity index is 2.35. The number of nitrogens with one attached hydrogen (secondary N) is 2. The zero-order valence-electron chi connectivity index (χ0n) is 11.8. The van der Waals surface area contributed by atoms with Crippen molar-refractivity contribution >= 4 is 27.7 Å². The fraction of sp³-hybridized carbons (Fsp3) is 0.417. The number of alkyl halides is 3. The van der Waals surface area contributed by atoms with Gasteiger partial charge >= 0.3 is 6.18 Å². The Kier molecular flexibility index (Phi) is 8.17. The molecule has 0 saturated carbocycles. The smallest absolute Gasteiger partial charge is 0.366 e. The van der Waals surface area contributed by atoms with Crippen molar-refractivity contribution in [1.29, 1.82) is 0 Å². The fourth-order valence-electron chi connectivity index (χ4n) is 1.41. The minimum absolute atomic E-state index is 0.271. The van der Waals surface area contributed by atoms with E-state index in [0.29, 0.717) is 17.7 Å². The first kappa shape index (κ1) is 19.6.